The first-order valence-electron chi connectivity index (χ1n) is 9.60. The van der Waals surface area contributed by atoms with Crippen molar-refractivity contribution < 1.29 is 37.7 Å². The molecule has 0 saturated carbocycles. The molecule has 0 amide bonds. The quantitative estimate of drug-likeness (QED) is 0.304. The first kappa shape index (κ1) is 26.2. The summed E-state index contributed by atoms with van der Waals surface area (Å²) in [7, 11) is -4.36. The molecule has 3 N–H and O–H groups in total. The van der Waals surface area contributed by atoms with Gasteiger partial charge in [0.2, 0.25) is 0 Å². The number of aliphatic hydroxyl groups excluding tert-OH is 1. The first-order chi connectivity index (χ1) is 15.0. The highest BCUT2D eigenvalue weighted by atomic mass is 79.9. The molecule has 0 spiro atoms. The fourth-order valence-electron chi connectivity index (χ4n) is 2.53. The molecule has 1 unspecified atom stereocenters. The van der Waals surface area contributed by atoms with Crippen molar-refractivity contribution in [3.8, 4) is 11.5 Å². The maximum absolute atomic E-state index is 14.3. The minimum atomic E-state index is -4.36. The number of hydrogen-bond acceptors (Lipinski definition) is 8. The molecule has 1 heterocycles. The molecule has 0 aliphatic rings. The summed E-state index contributed by atoms with van der Waals surface area (Å²) in [5, 5.41) is 22.1. The predicted octanol–water partition coefficient (Wildman–Crippen LogP) is 4.12. The van der Waals surface area contributed by atoms with Crippen molar-refractivity contribution in [2.75, 3.05) is 0 Å². The summed E-state index contributed by atoms with van der Waals surface area (Å²) in [6.45, 7) is 5.30. The van der Waals surface area contributed by atoms with Crippen LogP contribution in [0.4, 0.5) is 4.39 Å². The van der Waals surface area contributed by atoms with E-state index in [0.717, 1.165) is 6.07 Å². The van der Waals surface area contributed by atoms with Gasteiger partial charge in [0.1, 0.15) is 11.8 Å². The Bertz CT molecular complexity index is 1020. The maximum atomic E-state index is 14.3. The van der Waals surface area contributed by atoms with Crippen molar-refractivity contribution in [2.24, 2.45) is 0 Å². The molecule has 9 nitrogen and oxygen atoms in total. The predicted molar refractivity (Wildman–Crippen MR) is 118 cm³/mol. The van der Waals surface area contributed by atoms with Crippen molar-refractivity contribution in [1.29, 1.82) is 0 Å². The van der Waals surface area contributed by atoms with E-state index < -0.39 is 44.9 Å². The monoisotopic (exact) mass is 534 g/mol. The number of aromatic hydroxyl groups is 1. The molecule has 12 heteroatoms. The van der Waals surface area contributed by atoms with Gasteiger partial charge >= 0.3 is 13.7 Å². The minimum absolute atomic E-state index is 0.131. The summed E-state index contributed by atoms with van der Waals surface area (Å²) >= 11 is 3.12. The molecule has 0 saturated heterocycles. The second-order valence-corrected chi connectivity index (χ2v) is 9.74. The van der Waals surface area contributed by atoms with Crippen LogP contribution in [0.5, 0.6) is 11.5 Å². The van der Waals surface area contributed by atoms with E-state index in [1.165, 1.54) is 25.3 Å². The number of carbonyl (C=O) groups excluding carboxylic acids is 1. The zero-order valence-corrected chi connectivity index (χ0v) is 20.4. The van der Waals surface area contributed by atoms with Crippen LogP contribution >= 0.6 is 23.7 Å². The third-order valence-corrected chi connectivity index (χ3v) is 6.25. The smallest absolute Gasteiger partial charge is 0.459 e. The topological polar surface area (TPSA) is 127 Å². The van der Waals surface area contributed by atoms with E-state index >= 15 is 0 Å². The third kappa shape index (κ3) is 6.98. The van der Waals surface area contributed by atoms with E-state index in [1.54, 1.807) is 20.8 Å². The van der Waals surface area contributed by atoms with Crippen molar-refractivity contribution in [3.63, 3.8) is 0 Å². The van der Waals surface area contributed by atoms with Gasteiger partial charge in [-0.1, -0.05) is 15.9 Å². The van der Waals surface area contributed by atoms with Crippen molar-refractivity contribution in [1.82, 2.24) is 10.1 Å². The highest BCUT2D eigenvalue weighted by Gasteiger charge is 2.34. The van der Waals surface area contributed by atoms with Crippen LogP contribution in [-0.2, 0) is 31.8 Å². The SMILES string of the molecule is Cc1ncc(COP(=O)(N[C@@H](C)C(=O)OC(C)C)Oc2ccc(Br)cc2F)c(CO)c1O. The van der Waals surface area contributed by atoms with E-state index in [9.17, 15) is 24.0 Å². The Morgan fingerprint density at radius 2 is 2.03 bits per heavy atom. The average molecular weight is 535 g/mol. The van der Waals surface area contributed by atoms with Crippen LogP contribution in [0.15, 0.2) is 28.9 Å². The summed E-state index contributed by atoms with van der Waals surface area (Å²) in [6, 6.07) is 2.71. The fraction of sp³-hybridized carbons (Fsp3) is 0.400. The van der Waals surface area contributed by atoms with Crippen LogP contribution in [0, 0.1) is 12.7 Å². The second kappa shape index (κ2) is 11.2. The van der Waals surface area contributed by atoms with Gasteiger partial charge in [-0.2, -0.15) is 5.09 Å². The number of benzene rings is 1. The zero-order chi connectivity index (χ0) is 24.1. The molecule has 0 aliphatic carbocycles. The van der Waals surface area contributed by atoms with Gasteiger partial charge in [-0.3, -0.25) is 14.3 Å². The number of rotatable bonds is 10. The maximum Gasteiger partial charge on any atom is 0.459 e. The van der Waals surface area contributed by atoms with Crippen molar-refractivity contribution in [3.05, 3.63) is 51.5 Å². The highest BCUT2D eigenvalue weighted by Crippen LogP contribution is 2.47. The third-order valence-electron chi connectivity index (χ3n) is 4.15. The van der Waals surface area contributed by atoms with Crippen LogP contribution < -0.4 is 9.61 Å². The summed E-state index contributed by atoms with van der Waals surface area (Å²) in [5.74, 6) is -2.13. The molecular formula is C20H25BrFN2O7P. The summed E-state index contributed by atoms with van der Waals surface area (Å²) in [6.07, 6.45) is 0.923. The van der Waals surface area contributed by atoms with E-state index in [2.05, 4.69) is 26.0 Å². The molecule has 0 fully saturated rings. The fourth-order valence-corrected chi connectivity index (χ4v) is 4.34. The number of hydrogen-bond donors (Lipinski definition) is 3. The van der Waals surface area contributed by atoms with Gasteiger partial charge in [0.15, 0.2) is 11.6 Å². The highest BCUT2D eigenvalue weighted by molar-refractivity contribution is 9.10. The van der Waals surface area contributed by atoms with E-state index in [1.807, 2.05) is 0 Å². The van der Waals surface area contributed by atoms with Gasteiger partial charge in [-0.05, 0) is 45.9 Å². The zero-order valence-electron chi connectivity index (χ0n) is 18.0. The number of ether oxygens (including phenoxy) is 1. The Morgan fingerprint density at radius 1 is 1.34 bits per heavy atom. The number of aliphatic hydroxyl groups is 1. The largest absolute Gasteiger partial charge is 0.506 e. The van der Waals surface area contributed by atoms with E-state index in [-0.39, 0.29) is 28.3 Å². The van der Waals surface area contributed by atoms with Gasteiger partial charge in [0, 0.05) is 21.8 Å². The normalized spacial score (nSPS) is 14.1. The molecule has 2 aromatic rings. The van der Waals surface area contributed by atoms with Crippen LogP contribution in [0.2, 0.25) is 0 Å². The lowest BCUT2D eigenvalue weighted by Crippen LogP contribution is -2.36. The van der Waals surface area contributed by atoms with Crippen molar-refractivity contribution in [2.45, 2.75) is 53.1 Å². The average Bonchev–Trinajstić information content (AvgIpc) is 2.70. The van der Waals surface area contributed by atoms with E-state index in [0.29, 0.717) is 4.47 Å². The number of esters is 1. The number of halogens is 2. The molecule has 2 atom stereocenters. The number of nitrogens with one attached hydrogen (secondary N) is 1. The lowest BCUT2D eigenvalue weighted by Gasteiger charge is -2.24. The summed E-state index contributed by atoms with van der Waals surface area (Å²) in [5.41, 5.74) is 0.651. The second-order valence-electron chi connectivity index (χ2n) is 7.13. The van der Waals surface area contributed by atoms with Gasteiger partial charge in [-0.25, -0.2) is 8.96 Å². The first-order valence-corrected chi connectivity index (χ1v) is 11.9. The van der Waals surface area contributed by atoms with Crippen LogP contribution in [0.1, 0.15) is 37.6 Å². The van der Waals surface area contributed by atoms with Gasteiger partial charge in [-0.15, -0.1) is 0 Å². The van der Waals surface area contributed by atoms with Crippen LogP contribution in [-0.4, -0.2) is 33.3 Å². The van der Waals surface area contributed by atoms with Crippen LogP contribution in [0.25, 0.3) is 0 Å². The summed E-state index contributed by atoms with van der Waals surface area (Å²) < 4.78 is 44.1. The molecule has 0 aliphatic heterocycles. The van der Waals surface area contributed by atoms with Gasteiger partial charge in [0.05, 0.1) is 25.0 Å². The molecule has 0 bridgehead atoms. The number of carbonyl (C=O) groups is 1. The number of pyridine rings is 1. The Balaban J connectivity index is 2.32. The number of aromatic nitrogens is 1. The molecule has 32 heavy (non-hydrogen) atoms. The summed E-state index contributed by atoms with van der Waals surface area (Å²) in [4.78, 5) is 16.2. The molecular weight excluding hydrogens is 510 g/mol. The molecule has 2 rings (SSSR count). The number of nitrogens with zero attached hydrogens (tertiary/aromatic N) is 1. The van der Waals surface area contributed by atoms with Crippen LogP contribution in [0.3, 0.4) is 0 Å². The van der Waals surface area contributed by atoms with Gasteiger partial charge < -0.3 is 19.5 Å². The van der Waals surface area contributed by atoms with Gasteiger partial charge in [0.25, 0.3) is 0 Å². The Labute approximate surface area is 193 Å². The Kier molecular flexibility index (Phi) is 9.18. The Hall–Kier alpha value is -2.04. The lowest BCUT2D eigenvalue weighted by atomic mass is 10.1. The molecule has 0 radical (unpaired) electrons. The molecule has 1 aromatic heterocycles. The molecule has 176 valence electrons. The minimum Gasteiger partial charge on any atom is -0.506 e. The Morgan fingerprint density at radius 3 is 2.62 bits per heavy atom. The van der Waals surface area contributed by atoms with Crippen molar-refractivity contribution >= 4 is 29.6 Å². The van der Waals surface area contributed by atoms with E-state index in [4.69, 9.17) is 13.8 Å². The number of aryl methyl sites for hydroxylation is 1. The molecule has 1 aromatic carbocycles. The lowest BCUT2D eigenvalue weighted by molar-refractivity contribution is -0.149. The standard InChI is InChI=1S/C20H25BrFN2O7P/c1-11(2)30-20(27)13(4)24-32(28,31-18-6-5-15(21)7-17(18)22)29-10-14-8-23-12(3)19(26)16(14)9-25/h5-8,11,13,25-26H,9-10H2,1-4H3,(H,24,28)/t13-,32?/m0/s1.